The van der Waals surface area contributed by atoms with Crippen LogP contribution in [0.1, 0.15) is 22.8 Å². The van der Waals surface area contributed by atoms with Crippen LogP contribution in [0.2, 0.25) is 10.0 Å². The van der Waals surface area contributed by atoms with Gasteiger partial charge in [0.2, 0.25) is 0 Å². The number of nitrogens with zero attached hydrogens (tertiary/aromatic N) is 2. The van der Waals surface area contributed by atoms with Crippen molar-refractivity contribution in [1.29, 1.82) is 0 Å². The first-order valence-electron chi connectivity index (χ1n) is 9.74. The number of carbonyl (C=O) groups excluding carboxylic acids is 2. The summed E-state index contributed by atoms with van der Waals surface area (Å²) in [7, 11) is 0. The number of ether oxygens (including phenoxy) is 2. The Kier molecular flexibility index (Phi) is 8.18. The van der Waals surface area contributed by atoms with Gasteiger partial charge in [-0.15, -0.1) is 0 Å². The number of hydrogen-bond donors (Lipinski definition) is 1. The van der Waals surface area contributed by atoms with Crippen molar-refractivity contribution in [2.24, 2.45) is 5.10 Å². The molecule has 9 nitrogen and oxygen atoms in total. The highest BCUT2D eigenvalue weighted by Gasteiger charge is 2.15. The van der Waals surface area contributed by atoms with Crippen LogP contribution in [0.25, 0.3) is 0 Å². The highest BCUT2D eigenvalue weighted by Crippen LogP contribution is 2.23. The van der Waals surface area contributed by atoms with Gasteiger partial charge in [-0.1, -0.05) is 23.2 Å². The highest BCUT2D eigenvalue weighted by atomic mass is 35.5. The number of nitrogens with one attached hydrogen (secondary N) is 1. The van der Waals surface area contributed by atoms with Crippen molar-refractivity contribution in [2.75, 3.05) is 0 Å². The lowest BCUT2D eigenvalue weighted by Crippen LogP contribution is -2.33. The largest absolute Gasteiger partial charge is 0.481 e. The smallest absolute Gasteiger partial charge is 0.345 e. The first kappa shape index (κ1) is 24.7. The van der Waals surface area contributed by atoms with Crippen molar-refractivity contribution >= 4 is 47.0 Å². The number of amides is 1. The molecule has 34 heavy (non-hydrogen) atoms. The van der Waals surface area contributed by atoms with Crippen molar-refractivity contribution in [3.63, 3.8) is 0 Å². The Bertz CT molecular complexity index is 1230. The summed E-state index contributed by atoms with van der Waals surface area (Å²) in [5.74, 6) is -0.540. The average Bonchev–Trinajstić information content (AvgIpc) is 2.80. The zero-order valence-electron chi connectivity index (χ0n) is 17.6. The number of hydrogen-bond acceptors (Lipinski definition) is 7. The maximum Gasteiger partial charge on any atom is 0.345 e. The number of nitro groups is 1. The lowest BCUT2D eigenvalue weighted by Gasteiger charge is -2.12. The number of hydrazone groups is 1. The molecular formula is C23H17Cl2N3O6. The molecule has 0 heterocycles. The van der Waals surface area contributed by atoms with Gasteiger partial charge in [-0.25, -0.2) is 10.2 Å². The second-order valence-electron chi connectivity index (χ2n) is 6.83. The van der Waals surface area contributed by atoms with Gasteiger partial charge in [0.05, 0.1) is 21.7 Å². The number of esters is 1. The van der Waals surface area contributed by atoms with E-state index < -0.39 is 22.9 Å². The summed E-state index contributed by atoms with van der Waals surface area (Å²) >= 11 is 11.8. The quantitative estimate of drug-likeness (QED) is 0.152. The monoisotopic (exact) mass is 501 g/mol. The van der Waals surface area contributed by atoms with Crippen molar-refractivity contribution in [1.82, 2.24) is 5.43 Å². The Labute approximate surface area is 204 Å². The number of non-ortho nitro benzene ring substituents is 1. The van der Waals surface area contributed by atoms with Gasteiger partial charge in [0.15, 0.2) is 6.10 Å². The molecule has 0 saturated heterocycles. The van der Waals surface area contributed by atoms with Crippen LogP contribution >= 0.6 is 23.2 Å². The molecule has 1 N–H and O–H groups in total. The summed E-state index contributed by atoms with van der Waals surface area (Å²) in [5.41, 5.74) is 3.08. The van der Waals surface area contributed by atoms with E-state index in [4.69, 9.17) is 32.7 Å². The number of halogens is 2. The van der Waals surface area contributed by atoms with Crippen LogP contribution in [0.3, 0.4) is 0 Å². The van der Waals surface area contributed by atoms with Gasteiger partial charge in [0.25, 0.3) is 11.6 Å². The summed E-state index contributed by atoms with van der Waals surface area (Å²) in [6.45, 7) is 1.52. The summed E-state index contributed by atoms with van der Waals surface area (Å²) in [5, 5.41) is 15.1. The van der Waals surface area contributed by atoms with E-state index in [1.165, 1.54) is 55.6 Å². The molecular weight excluding hydrogens is 485 g/mol. The third kappa shape index (κ3) is 6.77. The maximum absolute atomic E-state index is 12.3. The molecule has 0 bridgehead atoms. The Morgan fingerprint density at radius 3 is 2.29 bits per heavy atom. The third-order valence-corrected chi connectivity index (χ3v) is 4.91. The van der Waals surface area contributed by atoms with Gasteiger partial charge in [-0.3, -0.25) is 14.9 Å². The molecule has 0 aliphatic heterocycles. The topological polar surface area (TPSA) is 120 Å². The van der Waals surface area contributed by atoms with Gasteiger partial charge < -0.3 is 9.47 Å². The van der Waals surface area contributed by atoms with E-state index in [1.807, 2.05) is 0 Å². The van der Waals surface area contributed by atoms with Crippen LogP contribution in [0.15, 0.2) is 71.8 Å². The predicted molar refractivity (Wildman–Crippen MR) is 127 cm³/mol. The summed E-state index contributed by atoms with van der Waals surface area (Å²) in [6.07, 6.45) is 0.512. The van der Waals surface area contributed by atoms with E-state index in [0.717, 1.165) is 0 Å². The molecule has 3 aromatic rings. The first-order chi connectivity index (χ1) is 16.2. The van der Waals surface area contributed by atoms with E-state index in [1.54, 1.807) is 24.3 Å². The molecule has 1 atom stereocenters. The molecule has 0 aliphatic carbocycles. The molecule has 174 valence electrons. The van der Waals surface area contributed by atoms with Crippen LogP contribution in [-0.2, 0) is 4.79 Å². The minimum atomic E-state index is -0.889. The van der Waals surface area contributed by atoms with E-state index in [-0.39, 0.29) is 16.3 Å². The van der Waals surface area contributed by atoms with E-state index in [9.17, 15) is 19.7 Å². The molecule has 0 saturated carbocycles. The SMILES string of the molecule is CC(Oc1ccc([N+](=O)[O-])cc1)C(=O)NN=Cc1ccc(OC(=O)c2ccc(Cl)cc2Cl)cc1. The number of nitro benzene ring substituents is 1. The molecule has 1 amide bonds. The van der Waals surface area contributed by atoms with Crippen molar-refractivity contribution in [3.05, 3.63) is 98.0 Å². The fourth-order valence-corrected chi connectivity index (χ4v) is 3.09. The average molecular weight is 502 g/mol. The Hall–Kier alpha value is -3.95. The Morgan fingerprint density at radius 1 is 1.03 bits per heavy atom. The summed E-state index contributed by atoms with van der Waals surface area (Å²) in [6, 6.07) is 16.2. The van der Waals surface area contributed by atoms with E-state index in [2.05, 4.69) is 10.5 Å². The highest BCUT2D eigenvalue weighted by molar-refractivity contribution is 6.36. The van der Waals surface area contributed by atoms with Crippen LogP contribution < -0.4 is 14.9 Å². The van der Waals surface area contributed by atoms with Crippen molar-refractivity contribution < 1.29 is 24.0 Å². The molecule has 3 aromatic carbocycles. The van der Waals surface area contributed by atoms with Crippen LogP contribution in [0.5, 0.6) is 11.5 Å². The minimum absolute atomic E-state index is 0.0800. The van der Waals surface area contributed by atoms with Crippen molar-refractivity contribution in [2.45, 2.75) is 13.0 Å². The number of benzene rings is 3. The number of rotatable bonds is 8. The molecule has 0 fully saturated rings. The Morgan fingerprint density at radius 2 is 1.68 bits per heavy atom. The lowest BCUT2D eigenvalue weighted by molar-refractivity contribution is -0.384. The van der Waals surface area contributed by atoms with Crippen LogP contribution in [0, 0.1) is 10.1 Å². The third-order valence-electron chi connectivity index (χ3n) is 4.36. The van der Waals surface area contributed by atoms with E-state index >= 15 is 0 Å². The van der Waals surface area contributed by atoms with Gasteiger partial charge >= 0.3 is 5.97 Å². The molecule has 0 radical (unpaired) electrons. The molecule has 0 aliphatic rings. The minimum Gasteiger partial charge on any atom is -0.481 e. The van der Waals surface area contributed by atoms with Gasteiger partial charge in [-0.05, 0) is 67.1 Å². The molecule has 11 heteroatoms. The fraction of sp³-hybridized carbons (Fsp3) is 0.0870. The van der Waals surface area contributed by atoms with Crippen LogP contribution in [-0.4, -0.2) is 29.1 Å². The molecule has 3 rings (SSSR count). The lowest BCUT2D eigenvalue weighted by atomic mass is 10.2. The zero-order chi connectivity index (χ0) is 24.7. The standard InChI is InChI=1S/C23H17Cl2N3O6/c1-14(33-18-9-5-17(6-10-18)28(31)32)22(29)27-26-13-15-2-7-19(8-3-15)34-23(30)20-11-4-16(24)12-21(20)25/h2-14H,1H3,(H,27,29). The van der Waals surface area contributed by atoms with E-state index in [0.29, 0.717) is 22.1 Å². The normalized spacial score (nSPS) is 11.6. The Balaban J connectivity index is 1.51. The fourth-order valence-electron chi connectivity index (χ4n) is 2.60. The van der Waals surface area contributed by atoms with Gasteiger partial charge in [0, 0.05) is 17.2 Å². The predicted octanol–water partition coefficient (Wildman–Crippen LogP) is 5.04. The number of carbonyl (C=O) groups is 2. The van der Waals surface area contributed by atoms with Crippen molar-refractivity contribution in [3.8, 4) is 11.5 Å². The summed E-state index contributed by atoms with van der Waals surface area (Å²) in [4.78, 5) is 34.5. The summed E-state index contributed by atoms with van der Waals surface area (Å²) < 4.78 is 10.7. The first-order valence-corrected chi connectivity index (χ1v) is 10.5. The van der Waals surface area contributed by atoms with Gasteiger partial charge in [-0.2, -0.15) is 5.10 Å². The maximum atomic E-state index is 12.3. The second kappa shape index (κ2) is 11.3. The second-order valence-corrected chi connectivity index (χ2v) is 7.67. The zero-order valence-corrected chi connectivity index (χ0v) is 19.1. The van der Waals surface area contributed by atoms with Gasteiger partial charge in [0.1, 0.15) is 11.5 Å². The van der Waals surface area contributed by atoms with Crippen LogP contribution in [0.4, 0.5) is 5.69 Å². The molecule has 0 spiro atoms. The molecule has 1 unspecified atom stereocenters. The molecule has 0 aromatic heterocycles.